The number of rotatable bonds is 3. The molecule has 2 fully saturated rings. The predicted molar refractivity (Wildman–Crippen MR) is 78.8 cm³/mol. The molecular weight excluding hydrogens is 274 g/mol. The summed E-state index contributed by atoms with van der Waals surface area (Å²) < 4.78 is 5.37. The van der Waals surface area contributed by atoms with Crippen molar-refractivity contribution < 1.29 is 9.53 Å². The smallest absolute Gasteiger partial charge is 0.242 e. The van der Waals surface area contributed by atoms with Gasteiger partial charge in [-0.15, -0.1) is 0 Å². The molecule has 1 N–H and O–H groups in total. The summed E-state index contributed by atoms with van der Waals surface area (Å²) in [7, 11) is 0. The zero-order valence-corrected chi connectivity index (χ0v) is 12.4. The lowest BCUT2D eigenvalue weighted by molar-refractivity contribution is -0.138. The number of nitrogens with one attached hydrogen (secondary N) is 1. The summed E-state index contributed by atoms with van der Waals surface area (Å²) in [6.45, 7) is 6.53. The highest BCUT2D eigenvalue weighted by Gasteiger charge is 2.28. The Morgan fingerprint density at radius 3 is 2.90 bits per heavy atom. The molecule has 3 heterocycles. The fraction of sp³-hybridized carbons (Fsp3) is 0.643. The summed E-state index contributed by atoms with van der Waals surface area (Å²) in [4.78, 5) is 16.7. The molecular formula is C14H21N3O2S. The molecule has 2 aliphatic heterocycles. The third kappa shape index (κ3) is 3.38. The molecule has 0 spiro atoms. The van der Waals surface area contributed by atoms with Crippen molar-refractivity contribution in [1.29, 1.82) is 0 Å². The number of carbonyl (C=O) groups excluding carboxylic acids is 1. The maximum atomic E-state index is 12.3. The minimum atomic E-state index is -0.146. The van der Waals surface area contributed by atoms with E-state index in [4.69, 9.17) is 4.74 Å². The Bertz CT molecular complexity index is 424. The first-order chi connectivity index (χ1) is 9.83. The van der Waals surface area contributed by atoms with Gasteiger partial charge in [-0.05, 0) is 22.4 Å². The third-order valence-electron chi connectivity index (χ3n) is 3.89. The van der Waals surface area contributed by atoms with Gasteiger partial charge in [0.15, 0.2) is 0 Å². The van der Waals surface area contributed by atoms with Gasteiger partial charge in [0.05, 0.1) is 13.2 Å². The minimum absolute atomic E-state index is 0.146. The van der Waals surface area contributed by atoms with E-state index in [9.17, 15) is 4.79 Å². The lowest BCUT2D eigenvalue weighted by atomic mass is 10.2. The van der Waals surface area contributed by atoms with E-state index in [1.165, 1.54) is 5.56 Å². The van der Waals surface area contributed by atoms with E-state index in [2.05, 4.69) is 27.0 Å². The van der Waals surface area contributed by atoms with Crippen molar-refractivity contribution in [3.05, 3.63) is 22.4 Å². The first-order valence-corrected chi connectivity index (χ1v) is 8.10. The van der Waals surface area contributed by atoms with Gasteiger partial charge in [-0.3, -0.25) is 9.69 Å². The van der Waals surface area contributed by atoms with Crippen molar-refractivity contribution in [3.63, 3.8) is 0 Å². The van der Waals surface area contributed by atoms with Crippen molar-refractivity contribution in [3.8, 4) is 0 Å². The van der Waals surface area contributed by atoms with Crippen LogP contribution in [0.15, 0.2) is 16.8 Å². The van der Waals surface area contributed by atoms with Crippen LogP contribution in [-0.2, 0) is 16.1 Å². The van der Waals surface area contributed by atoms with Gasteiger partial charge in [-0.2, -0.15) is 11.3 Å². The van der Waals surface area contributed by atoms with E-state index in [1.54, 1.807) is 11.3 Å². The molecule has 6 heteroatoms. The number of carbonyl (C=O) groups is 1. The van der Waals surface area contributed by atoms with Gasteiger partial charge in [-0.1, -0.05) is 0 Å². The van der Waals surface area contributed by atoms with Crippen LogP contribution < -0.4 is 5.32 Å². The first kappa shape index (κ1) is 14.0. The number of thiophene rings is 1. The summed E-state index contributed by atoms with van der Waals surface area (Å²) >= 11 is 1.74. The highest BCUT2D eigenvalue weighted by molar-refractivity contribution is 7.07. The highest BCUT2D eigenvalue weighted by atomic mass is 32.1. The van der Waals surface area contributed by atoms with Crippen LogP contribution in [0.2, 0.25) is 0 Å². The van der Waals surface area contributed by atoms with Crippen molar-refractivity contribution in [2.24, 2.45) is 0 Å². The molecule has 0 bridgehead atoms. The van der Waals surface area contributed by atoms with Crippen molar-refractivity contribution >= 4 is 17.2 Å². The number of hydrogen-bond donors (Lipinski definition) is 1. The van der Waals surface area contributed by atoms with Crippen LogP contribution in [0.4, 0.5) is 0 Å². The third-order valence-corrected chi connectivity index (χ3v) is 4.62. The molecule has 1 amide bonds. The van der Waals surface area contributed by atoms with Crippen LogP contribution in [-0.4, -0.2) is 67.7 Å². The second-order valence-electron chi connectivity index (χ2n) is 5.31. The average molecular weight is 295 g/mol. The summed E-state index contributed by atoms with van der Waals surface area (Å²) in [5.74, 6) is 0.194. The lowest BCUT2D eigenvalue weighted by Gasteiger charge is -2.37. The molecule has 5 nitrogen and oxygen atoms in total. The van der Waals surface area contributed by atoms with Crippen LogP contribution in [0.3, 0.4) is 0 Å². The summed E-state index contributed by atoms with van der Waals surface area (Å²) in [6.07, 6.45) is 0. The fourth-order valence-electron chi connectivity index (χ4n) is 2.71. The number of hydrogen-bond acceptors (Lipinski definition) is 5. The van der Waals surface area contributed by atoms with Gasteiger partial charge >= 0.3 is 0 Å². The molecule has 0 saturated carbocycles. The monoisotopic (exact) mass is 295 g/mol. The van der Waals surface area contributed by atoms with Gasteiger partial charge < -0.3 is 15.0 Å². The Labute approximate surface area is 123 Å². The largest absolute Gasteiger partial charge is 0.378 e. The van der Waals surface area contributed by atoms with Gasteiger partial charge in [0.1, 0.15) is 6.04 Å². The van der Waals surface area contributed by atoms with Crippen molar-refractivity contribution in [1.82, 2.24) is 15.1 Å². The standard InChI is InChI=1S/C14H21N3O2S/c18-14(13-10-19-7-2-15-13)17-5-3-16(4-6-17)9-12-1-8-20-11-12/h1,8,11,13,15H,2-7,9-10H2. The first-order valence-electron chi connectivity index (χ1n) is 7.16. The van der Waals surface area contributed by atoms with Crippen molar-refractivity contribution in [2.75, 3.05) is 45.9 Å². The van der Waals surface area contributed by atoms with Crippen LogP contribution in [0, 0.1) is 0 Å². The Morgan fingerprint density at radius 2 is 2.25 bits per heavy atom. The molecule has 1 unspecified atom stereocenters. The van der Waals surface area contributed by atoms with E-state index in [0.29, 0.717) is 13.2 Å². The van der Waals surface area contributed by atoms with Gasteiger partial charge in [0, 0.05) is 39.3 Å². The minimum Gasteiger partial charge on any atom is -0.378 e. The molecule has 0 aliphatic carbocycles. The maximum Gasteiger partial charge on any atom is 0.242 e. The average Bonchev–Trinajstić information content (AvgIpc) is 3.01. The van der Waals surface area contributed by atoms with Gasteiger partial charge in [0.2, 0.25) is 5.91 Å². The van der Waals surface area contributed by atoms with E-state index >= 15 is 0 Å². The molecule has 110 valence electrons. The Hall–Kier alpha value is -0.950. The molecule has 1 aromatic rings. The van der Waals surface area contributed by atoms with Crippen LogP contribution in [0.5, 0.6) is 0 Å². The van der Waals surface area contributed by atoms with E-state index in [-0.39, 0.29) is 11.9 Å². The lowest BCUT2D eigenvalue weighted by Crippen LogP contribution is -2.56. The topological polar surface area (TPSA) is 44.8 Å². The zero-order valence-electron chi connectivity index (χ0n) is 11.6. The Morgan fingerprint density at radius 1 is 1.40 bits per heavy atom. The van der Waals surface area contributed by atoms with Crippen LogP contribution in [0.1, 0.15) is 5.56 Å². The second-order valence-corrected chi connectivity index (χ2v) is 6.09. The molecule has 2 aliphatic rings. The van der Waals surface area contributed by atoms with Crippen LogP contribution >= 0.6 is 11.3 Å². The summed E-state index contributed by atoms with van der Waals surface area (Å²) in [5, 5.41) is 7.55. The number of morpholine rings is 1. The van der Waals surface area contributed by atoms with Gasteiger partial charge in [0.25, 0.3) is 0 Å². The summed E-state index contributed by atoms with van der Waals surface area (Å²) in [6, 6.07) is 2.03. The molecule has 0 aromatic carbocycles. The molecule has 0 radical (unpaired) electrons. The molecule has 20 heavy (non-hydrogen) atoms. The maximum absolute atomic E-state index is 12.3. The molecule has 2 saturated heterocycles. The number of nitrogens with zero attached hydrogens (tertiary/aromatic N) is 2. The molecule has 1 aromatic heterocycles. The number of ether oxygens (including phenoxy) is 1. The molecule has 3 rings (SSSR count). The van der Waals surface area contributed by atoms with E-state index in [1.807, 2.05) is 4.90 Å². The normalized spacial score (nSPS) is 24.8. The fourth-order valence-corrected chi connectivity index (χ4v) is 3.37. The SMILES string of the molecule is O=C(C1COCCN1)N1CCN(Cc2ccsc2)CC1. The Balaban J connectivity index is 1.46. The van der Waals surface area contributed by atoms with E-state index < -0.39 is 0 Å². The number of piperazine rings is 1. The predicted octanol–water partition coefficient (Wildman–Crippen LogP) is 0.381. The highest BCUT2D eigenvalue weighted by Crippen LogP contribution is 2.12. The van der Waals surface area contributed by atoms with Crippen molar-refractivity contribution in [2.45, 2.75) is 12.6 Å². The van der Waals surface area contributed by atoms with Gasteiger partial charge in [-0.25, -0.2) is 0 Å². The Kier molecular flexibility index (Phi) is 4.67. The molecule has 1 atom stereocenters. The van der Waals surface area contributed by atoms with Crippen LogP contribution in [0.25, 0.3) is 0 Å². The van der Waals surface area contributed by atoms with E-state index in [0.717, 1.165) is 39.3 Å². The zero-order chi connectivity index (χ0) is 13.8. The number of amides is 1. The second kappa shape index (κ2) is 6.67. The quantitative estimate of drug-likeness (QED) is 0.876. The summed E-state index contributed by atoms with van der Waals surface area (Å²) in [5.41, 5.74) is 1.37.